The topological polar surface area (TPSA) is 81.8 Å². The summed E-state index contributed by atoms with van der Waals surface area (Å²) in [6, 6.07) is 5.31. The molecule has 0 amide bonds. The van der Waals surface area contributed by atoms with Crippen molar-refractivity contribution in [1.82, 2.24) is 0 Å². The van der Waals surface area contributed by atoms with Gasteiger partial charge in [-0.1, -0.05) is 13.3 Å². The molecule has 5 heteroatoms. The van der Waals surface area contributed by atoms with Gasteiger partial charge in [-0.3, -0.25) is 0 Å². The zero-order valence-corrected chi connectivity index (χ0v) is 11.4. The summed E-state index contributed by atoms with van der Waals surface area (Å²) in [5.41, 5.74) is 6.42. The Kier molecular flexibility index (Phi) is 6.15. The molecular weight excluding hydrogens is 246 g/mol. The second-order valence-corrected chi connectivity index (χ2v) is 4.25. The van der Waals surface area contributed by atoms with E-state index in [1.54, 1.807) is 19.2 Å². The van der Waals surface area contributed by atoms with E-state index in [4.69, 9.17) is 20.3 Å². The van der Waals surface area contributed by atoms with Crippen molar-refractivity contribution in [3.63, 3.8) is 0 Å². The van der Waals surface area contributed by atoms with Crippen molar-refractivity contribution in [1.29, 1.82) is 0 Å². The smallest absolute Gasteiger partial charge is 0.344 e. The molecule has 0 spiro atoms. The molecule has 0 aromatic heterocycles. The lowest BCUT2D eigenvalue weighted by molar-refractivity contribution is -0.145. The number of nitrogens with two attached hydrogens (primary N) is 1. The van der Waals surface area contributed by atoms with Crippen molar-refractivity contribution in [2.24, 2.45) is 5.73 Å². The molecule has 1 aromatic rings. The van der Waals surface area contributed by atoms with Crippen LogP contribution < -0.4 is 15.2 Å². The predicted molar refractivity (Wildman–Crippen MR) is 72.7 cm³/mol. The molecule has 1 rings (SSSR count). The average molecular weight is 267 g/mol. The molecule has 0 aliphatic rings. The second kappa shape index (κ2) is 7.63. The SMILES string of the molecule is CCCC(Oc1ccc(OC)cc1CCN)C(=O)O. The van der Waals surface area contributed by atoms with E-state index in [0.717, 1.165) is 12.0 Å². The number of benzene rings is 1. The first-order valence-electron chi connectivity index (χ1n) is 6.38. The molecule has 1 aromatic carbocycles. The van der Waals surface area contributed by atoms with E-state index in [1.807, 2.05) is 13.0 Å². The highest BCUT2D eigenvalue weighted by atomic mass is 16.5. The number of aliphatic carboxylic acids is 1. The van der Waals surface area contributed by atoms with Gasteiger partial charge in [0, 0.05) is 0 Å². The number of rotatable bonds is 8. The summed E-state index contributed by atoms with van der Waals surface area (Å²) in [6.07, 6.45) is 1.02. The molecule has 0 saturated carbocycles. The lowest BCUT2D eigenvalue weighted by Crippen LogP contribution is -2.27. The van der Waals surface area contributed by atoms with E-state index in [2.05, 4.69) is 0 Å². The van der Waals surface area contributed by atoms with Gasteiger partial charge >= 0.3 is 5.97 Å². The van der Waals surface area contributed by atoms with E-state index in [-0.39, 0.29) is 0 Å². The summed E-state index contributed by atoms with van der Waals surface area (Å²) in [5.74, 6) is 0.321. The first kappa shape index (κ1) is 15.3. The number of carboxylic acids is 1. The van der Waals surface area contributed by atoms with Crippen LogP contribution in [-0.2, 0) is 11.2 Å². The third-order valence-electron chi connectivity index (χ3n) is 2.78. The van der Waals surface area contributed by atoms with E-state index in [9.17, 15) is 4.79 Å². The van der Waals surface area contributed by atoms with Gasteiger partial charge in [-0.2, -0.15) is 0 Å². The van der Waals surface area contributed by atoms with Crippen LogP contribution in [0.1, 0.15) is 25.3 Å². The van der Waals surface area contributed by atoms with Gasteiger partial charge in [0.05, 0.1) is 7.11 Å². The average Bonchev–Trinajstić information content (AvgIpc) is 2.40. The molecule has 0 bridgehead atoms. The predicted octanol–water partition coefficient (Wildman–Crippen LogP) is 1.83. The Morgan fingerprint density at radius 3 is 2.74 bits per heavy atom. The van der Waals surface area contributed by atoms with Gasteiger partial charge in [-0.25, -0.2) is 4.79 Å². The molecule has 0 aliphatic heterocycles. The first-order chi connectivity index (χ1) is 9.12. The maximum Gasteiger partial charge on any atom is 0.344 e. The van der Waals surface area contributed by atoms with Gasteiger partial charge in [0.15, 0.2) is 6.10 Å². The number of methoxy groups -OCH3 is 1. The number of hydrogen-bond donors (Lipinski definition) is 2. The number of hydrogen-bond acceptors (Lipinski definition) is 4. The normalized spacial score (nSPS) is 11.9. The van der Waals surface area contributed by atoms with Gasteiger partial charge in [0.2, 0.25) is 0 Å². The zero-order chi connectivity index (χ0) is 14.3. The summed E-state index contributed by atoms with van der Waals surface area (Å²) in [4.78, 5) is 11.1. The molecule has 1 unspecified atom stereocenters. The fourth-order valence-electron chi connectivity index (χ4n) is 1.80. The van der Waals surface area contributed by atoms with Gasteiger partial charge in [-0.05, 0) is 43.1 Å². The molecular formula is C14H21NO4. The fraction of sp³-hybridized carbons (Fsp3) is 0.500. The molecule has 0 heterocycles. The molecule has 1 atom stereocenters. The Bertz CT molecular complexity index is 420. The maximum atomic E-state index is 11.1. The summed E-state index contributed by atoms with van der Waals surface area (Å²) >= 11 is 0. The second-order valence-electron chi connectivity index (χ2n) is 4.25. The van der Waals surface area contributed by atoms with Crippen LogP contribution >= 0.6 is 0 Å². The molecule has 0 aliphatic carbocycles. The molecule has 0 saturated heterocycles. The third-order valence-corrected chi connectivity index (χ3v) is 2.78. The van der Waals surface area contributed by atoms with Crippen molar-refractivity contribution < 1.29 is 19.4 Å². The minimum Gasteiger partial charge on any atom is -0.497 e. The van der Waals surface area contributed by atoms with Crippen LogP contribution in [0.4, 0.5) is 0 Å². The van der Waals surface area contributed by atoms with Crippen LogP contribution in [0.15, 0.2) is 18.2 Å². The highest BCUT2D eigenvalue weighted by Gasteiger charge is 2.19. The van der Waals surface area contributed by atoms with Crippen molar-refractivity contribution in [2.45, 2.75) is 32.3 Å². The van der Waals surface area contributed by atoms with Crippen LogP contribution in [0.2, 0.25) is 0 Å². The number of carboxylic acid groups (broad SMARTS) is 1. The summed E-state index contributed by atoms with van der Waals surface area (Å²) in [6.45, 7) is 2.39. The zero-order valence-electron chi connectivity index (χ0n) is 11.4. The Morgan fingerprint density at radius 1 is 1.47 bits per heavy atom. The Hall–Kier alpha value is -1.75. The van der Waals surface area contributed by atoms with Gasteiger partial charge < -0.3 is 20.3 Å². The van der Waals surface area contributed by atoms with E-state index < -0.39 is 12.1 Å². The molecule has 3 N–H and O–H groups in total. The molecule has 19 heavy (non-hydrogen) atoms. The van der Waals surface area contributed by atoms with E-state index in [1.165, 1.54) is 0 Å². The monoisotopic (exact) mass is 267 g/mol. The van der Waals surface area contributed by atoms with Crippen molar-refractivity contribution >= 4 is 5.97 Å². The lowest BCUT2D eigenvalue weighted by atomic mass is 10.1. The van der Waals surface area contributed by atoms with Crippen LogP contribution in [0.25, 0.3) is 0 Å². The van der Waals surface area contributed by atoms with Crippen LogP contribution in [0.3, 0.4) is 0 Å². The molecule has 0 fully saturated rings. The quantitative estimate of drug-likeness (QED) is 0.751. The molecule has 5 nitrogen and oxygen atoms in total. The van der Waals surface area contributed by atoms with Gasteiger partial charge in [-0.15, -0.1) is 0 Å². The largest absolute Gasteiger partial charge is 0.497 e. The van der Waals surface area contributed by atoms with Crippen LogP contribution in [0.5, 0.6) is 11.5 Å². The van der Waals surface area contributed by atoms with Crippen LogP contribution in [-0.4, -0.2) is 30.8 Å². The highest BCUT2D eigenvalue weighted by molar-refractivity contribution is 5.72. The van der Waals surface area contributed by atoms with Gasteiger partial charge in [0.25, 0.3) is 0 Å². The Balaban J connectivity index is 2.94. The van der Waals surface area contributed by atoms with Crippen LogP contribution in [0, 0.1) is 0 Å². The maximum absolute atomic E-state index is 11.1. The van der Waals surface area contributed by atoms with Gasteiger partial charge in [0.1, 0.15) is 11.5 Å². The Morgan fingerprint density at radius 2 is 2.21 bits per heavy atom. The molecule has 0 radical (unpaired) electrons. The minimum absolute atomic E-state index is 0.467. The minimum atomic E-state index is -0.948. The molecule has 106 valence electrons. The number of carbonyl (C=O) groups is 1. The van der Waals surface area contributed by atoms with Crippen molar-refractivity contribution in [2.75, 3.05) is 13.7 Å². The highest BCUT2D eigenvalue weighted by Crippen LogP contribution is 2.26. The number of ether oxygens (including phenoxy) is 2. The Labute approximate surface area is 113 Å². The summed E-state index contributed by atoms with van der Waals surface area (Å²) < 4.78 is 10.7. The van der Waals surface area contributed by atoms with Crippen molar-refractivity contribution in [3.8, 4) is 11.5 Å². The van der Waals surface area contributed by atoms with E-state index >= 15 is 0 Å². The summed E-state index contributed by atoms with van der Waals surface area (Å²) in [7, 11) is 1.58. The van der Waals surface area contributed by atoms with E-state index in [0.29, 0.717) is 30.9 Å². The first-order valence-corrected chi connectivity index (χ1v) is 6.38. The summed E-state index contributed by atoms with van der Waals surface area (Å²) in [5, 5.41) is 9.11. The lowest BCUT2D eigenvalue weighted by Gasteiger charge is -2.17. The van der Waals surface area contributed by atoms with Crippen molar-refractivity contribution in [3.05, 3.63) is 23.8 Å². The third kappa shape index (κ3) is 4.44. The standard InChI is InChI=1S/C14H21NO4/c1-3-4-13(14(16)17)19-12-6-5-11(18-2)9-10(12)7-8-15/h5-6,9,13H,3-4,7-8,15H2,1-2H3,(H,16,17). The fourth-order valence-corrected chi connectivity index (χ4v) is 1.80.